The summed E-state index contributed by atoms with van der Waals surface area (Å²) in [7, 11) is 0. The number of piperidine rings is 1. The van der Waals surface area contributed by atoms with Crippen LogP contribution in [-0.2, 0) is 0 Å². The van der Waals surface area contributed by atoms with Crippen LogP contribution < -0.4 is 0 Å². The Morgan fingerprint density at radius 2 is 2.04 bits per heavy atom. The number of halogens is 1. The number of likely N-dealkylation sites (tertiary alicyclic amines) is 1. The van der Waals surface area contributed by atoms with E-state index < -0.39 is 0 Å². The van der Waals surface area contributed by atoms with E-state index in [1.165, 1.54) is 12.1 Å². The third-order valence-electron chi connectivity index (χ3n) is 4.87. The zero-order chi connectivity index (χ0) is 19.0. The number of benzene rings is 1. The van der Waals surface area contributed by atoms with E-state index in [1.807, 2.05) is 11.8 Å². The summed E-state index contributed by atoms with van der Waals surface area (Å²) in [5.41, 5.74) is 1.30. The Labute approximate surface area is 156 Å². The summed E-state index contributed by atoms with van der Waals surface area (Å²) < 4.78 is 24.0. The fraction of sp³-hybridized carbons (Fsp3) is 0.350. The monoisotopic (exact) mass is 369 g/mol. The normalized spacial score (nSPS) is 17.3. The number of hydrogen-bond donors (Lipinski definition) is 0. The Hall–Kier alpha value is -2.96. The maximum atomic E-state index is 13.1. The van der Waals surface area contributed by atoms with Crippen LogP contribution in [0.1, 0.15) is 46.5 Å². The highest BCUT2D eigenvalue weighted by molar-refractivity contribution is 5.95. The van der Waals surface area contributed by atoms with Gasteiger partial charge >= 0.3 is 0 Å². The molecule has 6 nitrogen and oxygen atoms in total. The molecule has 1 aromatic carbocycles. The molecule has 0 aliphatic carbocycles. The Balaban J connectivity index is 1.51. The molecule has 1 fully saturated rings. The molecule has 1 aliphatic heterocycles. The average molecular weight is 369 g/mol. The van der Waals surface area contributed by atoms with E-state index in [0.29, 0.717) is 41.7 Å². The van der Waals surface area contributed by atoms with Crippen molar-refractivity contribution in [3.63, 3.8) is 0 Å². The van der Waals surface area contributed by atoms with Gasteiger partial charge in [-0.05, 0) is 57.0 Å². The number of carbonyl (C=O) groups excluding carboxylic acids is 1. The van der Waals surface area contributed by atoms with Gasteiger partial charge in [0.05, 0.1) is 11.5 Å². The van der Waals surface area contributed by atoms with Crippen molar-refractivity contribution in [2.24, 2.45) is 0 Å². The molecule has 2 aromatic heterocycles. The van der Waals surface area contributed by atoms with Crippen molar-refractivity contribution in [3.05, 3.63) is 59.1 Å². The Kier molecular flexibility index (Phi) is 4.51. The average Bonchev–Trinajstić information content (AvgIpc) is 3.28. The largest absolute Gasteiger partial charge is 0.466 e. The van der Waals surface area contributed by atoms with Gasteiger partial charge in [0, 0.05) is 18.7 Å². The van der Waals surface area contributed by atoms with Gasteiger partial charge in [-0.15, -0.1) is 0 Å². The van der Waals surface area contributed by atoms with Gasteiger partial charge < -0.3 is 13.8 Å². The number of hydrogen-bond acceptors (Lipinski definition) is 5. The summed E-state index contributed by atoms with van der Waals surface area (Å²) in [6.07, 6.45) is 1.73. The molecule has 0 saturated carbocycles. The Bertz CT molecular complexity index is 961. The van der Waals surface area contributed by atoms with E-state index in [9.17, 15) is 9.18 Å². The second-order valence-corrected chi connectivity index (χ2v) is 6.88. The maximum absolute atomic E-state index is 13.1. The number of nitrogens with zero attached hydrogens (tertiary/aromatic N) is 3. The molecule has 140 valence electrons. The topological polar surface area (TPSA) is 72.4 Å². The summed E-state index contributed by atoms with van der Waals surface area (Å²) in [5, 5.41) is 4.01. The molecule has 1 aliphatic rings. The van der Waals surface area contributed by atoms with Crippen LogP contribution in [0.5, 0.6) is 0 Å². The van der Waals surface area contributed by atoms with Gasteiger partial charge in [-0.25, -0.2) is 4.39 Å². The molecule has 7 heteroatoms. The van der Waals surface area contributed by atoms with Gasteiger partial charge in [0.1, 0.15) is 17.3 Å². The highest BCUT2D eigenvalue weighted by atomic mass is 19.1. The lowest BCUT2D eigenvalue weighted by Gasteiger charge is -2.30. The van der Waals surface area contributed by atoms with Crippen LogP contribution in [0, 0.1) is 19.7 Å². The van der Waals surface area contributed by atoms with Crippen molar-refractivity contribution in [1.82, 2.24) is 15.0 Å². The molecule has 3 heterocycles. The van der Waals surface area contributed by atoms with Gasteiger partial charge in [-0.1, -0.05) is 5.16 Å². The van der Waals surface area contributed by atoms with E-state index in [2.05, 4.69) is 10.1 Å². The number of rotatable bonds is 3. The third kappa shape index (κ3) is 3.49. The maximum Gasteiger partial charge on any atom is 0.257 e. The van der Waals surface area contributed by atoms with Crippen molar-refractivity contribution in [2.45, 2.75) is 32.6 Å². The van der Waals surface area contributed by atoms with Crippen LogP contribution in [0.4, 0.5) is 4.39 Å². The van der Waals surface area contributed by atoms with Gasteiger partial charge in [0.15, 0.2) is 0 Å². The molecule has 0 unspecified atom stereocenters. The van der Waals surface area contributed by atoms with Crippen LogP contribution in [0.25, 0.3) is 11.4 Å². The lowest BCUT2D eigenvalue weighted by atomic mass is 9.97. The summed E-state index contributed by atoms with van der Waals surface area (Å²) in [5.74, 6) is 1.93. The first-order valence-electron chi connectivity index (χ1n) is 8.97. The number of furan rings is 1. The predicted molar refractivity (Wildman–Crippen MR) is 95.8 cm³/mol. The first-order chi connectivity index (χ1) is 13.0. The number of aryl methyl sites for hydroxylation is 2. The fourth-order valence-corrected chi connectivity index (χ4v) is 3.49. The van der Waals surface area contributed by atoms with E-state index in [1.54, 1.807) is 25.1 Å². The fourth-order valence-electron chi connectivity index (χ4n) is 3.49. The summed E-state index contributed by atoms with van der Waals surface area (Å²) >= 11 is 0. The number of amides is 1. The molecular formula is C20H20FN3O3. The smallest absolute Gasteiger partial charge is 0.257 e. The SMILES string of the molecule is Cc1cc(C(=O)N2CCC[C@H](c3nc(-c4ccc(F)cc4)no3)C2)c(C)o1. The van der Waals surface area contributed by atoms with Crippen LogP contribution >= 0.6 is 0 Å². The summed E-state index contributed by atoms with van der Waals surface area (Å²) in [6, 6.07) is 7.74. The van der Waals surface area contributed by atoms with Crippen LogP contribution in [0.3, 0.4) is 0 Å². The van der Waals surface area contributed by atoms with Crippen molar-refractivity contribution < 1.29 is 18.1 Å². The number of carbonyl (C=O) groups is 1. The lowest BCUT2D eigenvalue weighted by molar-refractivity contribution is 0.0694. The summed E-state index contributed by atoms with van der Waals surface area (Å²) in [4.78, 5) is 19.1. The Morgan fingerprint density at radius 3 is 2.74 bits per heavy atom. The van der Waals surface area contributed by atoms with Gasteiger partial charge in [0.2, 0.25) is 11.7 Å². The van der Waals surface area contributed by atoms with Crippen LogP contribution in [0.15, 0.2) is 39.3 Å². The first kappa shape index (κ1) is 17.5. The first-order valence-corrected chi connectivity index (χ1v) is 8.97. The second kappa shape index (κ2) is 6.98. The predicted octanol–water partition coefficient (Wildman–Crippen LogP) is 4.11. The number of aromatic nitrogens is 2. The second-order valence-electron chi connectivity index (χ2n) is 6.88. The molecule has 27 heavy (non-hydrogen) atoms. The molecule has 1 atom stereocenters. The third-order valence-corrected chi connectivity index (χ3v) is 4.87. The van der Waals surface area contributed by atoms with Crippen molar-refractivity contribution >= 4 is 5.91 Å². The highest BCUT2D eigenvalue weighted by Crippen LogP contribution is 2.29. The van der Waals surface area contributed by atoms with Gasteiger partial charge in [0.25, 0.3) is 5.91 Å². The Morgan fingerprint density at radius 1 is 1.26 bits per heavy atom. The van der Waals surface area contributed by atoms with Crippen molar-refractivity contribution in [3.8, 4) is 11.4 Å². The van der Waals surface area contributed by atoms with Crippen molar-refractivity contribution in [1.29, 1.82) is 0 Å². The molecule has 1 amide bonds. The minimum absolute atomic E-state index is 0.0160. The zero-order valence-corrected chi connectivity index (χ0v) is 15.2. The zero-order valence-electron chi connectivity index (χ0n) is 15.2. The quantitative estimate of drug-likeness (QED) is 0.695. The summed E-state index contributed by atoms with van der Waals surface area (Å²) in [6.45, 7) is 4.85. The van der Waals surface area contributed by atoms with E-state index in [0.717, 1.165) is 18.6 Å². The van der Waals surface area contributed by atoms with Gasteiger partial charge in [-0.3, -0.25) is 4.79 Å². The molecule has 4 rings (SSSR count). The molecular weight excluding hydrogens is 349 g/mol. The molecule has 0 spiro atoms. The molecule has 0 radical (unpaired) electrons. The molecule has 0 N–H and O–H groups in total. The van der Waals surface area contributed by atoms with E-state index in [4.69, 9.17) is 8.94 Å². The van der Waals surface area contributed by atoms with E-state index in [-0.39, 0.29) is 17.6 Å². The molecule has 3 aromatic rings. The minimum Gasteiger partial charge on any atom is -0.466 e. The van der Waals surface area contributed by atoms with Crippen LogP contribution in [-0.4, -0.2) is 34.0 Å². The highest BCUT2D eigenvalue weighted by Gasteiger charge is 2.30. The van der Waals surface area contributed by atoms with E-state index >= 15 is 0 Å². The van der Waals surface area contributed by atoms with Gasteiger partial charge in [-0.2, -0.15) is 4.98 Å². The standard InChI is InChI=1S/C20H20FN3O3/c1-12-10-17(13(2)26-12)20(25)24-9-3-4-15(11-24)19-22-18(23-27-19)14-5-7-16(21)8-6-14/h5-8,10,15H,3-4,9,11H2,1-2H3/t15-/m0/s1. The molecule has 0 bridgehead atoms. The minimum atomic E-state index is -0.311. The van der Waals surface area contributed by atoms with Crippen LogP contribution in [0.2, 0.25) is 0 Å². The molecule has 1 saturated heterocycles. The lowest BCUT2D eigenvalue weighted by Crippen LogP contribution is -2.39. The van der Waals surface area contributed by atoms with Crippen molar-refractivity contribution in [2.75, 3.05) is 13.1 Å².